The third-order valence-electron chi connectivity index (χ3n) is 5.70. The number of piperazine rings is 1. The first kappa shape index (κ1) is 20.1. The number of aliphatic carboxylic acids is 1. The fourth-order valence-corrected chi connectivity index (χ4v) is 4.03. The van der Waals surface area contributed by atoms with Gasteiger partial charge in [0.1, 0.15) is 5.82 Å². The van der Waals surface area contributed by atoms with Gasteiger partial charge in [0.05, 0.1) is 5.69 Å². The predicted molar refractivity (Wildman–Crippen MR) is 101 cm³/mol. The number of para-hydroxylation sites is 1. The van der Waals surface area contributed by atoms with Crippen LogP contribution in [0.25, 0.3) is 0 Å². The minimum atomic E-state index is -0.906. The molecule has 152 valence electrons. The fraction of sp³-hybridized carbons (Fsp3) is 0.550. The number of carbonyl (C=O) groups excluding carboxylic acids is 2. The molecule has 0 unspecified atom stereocenters. The molecule has 7 nitrogen and oxygen atoms in total. The number of hydrogen-bond donors (Lipinski definition) is 2. The number of hydrogen-bond acceptors (Lipinski definition) is 4. The second kappa shape index (κ2) is 8.58. The van der Waals surface area contributed by atoms with E-state index in [1.54, 1.807) is 23.1 Å². The summed E-state index contributed by atoms with van der Waals surface area (Å²) in [7, 11) is 0. The van der Waals surface area contributed by atoms with Gasteiger partial charge in [-0.2, -0.15) is 0 Å². The monoisotopic (exact) mass is 391 g/mol. The zero-order valence-electron chi connectivity index (χ0n) is 15.8. The predicted octanol–water partition coefficient (Wildman–Crippen LogP) is 1.77. The molecular weight excluding hydrogens is 365 g/mol. The van der Waals surface area contributed by atoms with Crippen molar-refractivity contribution in [2.75, 3.05) is 31.1 Å². The number of halogens is 1. The molecule has 0 aliphatic carbocycles. The van der Waals surface area contributed by atoms with Gasteiger partial charge in [-0.25, -0.2) is 4.39 Å². The van der Waals surface area contributed by atoms with Gasteiger partial charge in [0.25, 0.3) is 0 Å². The van der Waals surface area contributed by atoms with E-state index < -0.39 is 11.5 Å². The van der Waals surface area contributed by atoms with Crippen LogP contribution in [0.2, 0.25) is 0 Å². The number of nitrogens with zero attached hydrogens (tertiary/aromatic N) is 2. The highest BCUT2D eigenvalue weighted by Gasteiger charge is 2.38. The van der Waals surface area contributed by atoms with E-state index in [0.29, 0.717) is 57.5 Å². The summed E-state index contributed by atoms with van der Waals surface area (Å²) in [5, 5.41) is 11.8. The van der Waals surface area contributed by atoms with Crippen LogP contribution in [0, 0.1) is 5.82 Å². The zero-order valence-corrected chi connectivity index (χ0v) is 15.8. The van der Waals surface area contributed by atoms with Crippen LogP contribution in [-0.4, -0.2) is 59.5 Å². The number of rotatable bonds is 7. The Balaban J connectivity index is 1.51. The van der Waals surface area contributed by atoms with Crippen LogP contribution < -0.4 is 10.2 Å². The molecule has 8 heteroatoms. The van der Waals surface area contributed by atoms with Gasteiger partial charge < -0.3 is 20.2 Å². The number of carboxylic acids is 1. The van der Waals surface area contributed by atoms with E-state index >= 15 is 0 Å². The Hall–Kier alpha value is -2.64. The molecule has 0 aromatic heterocycles. The van der Waals surface area contributed by atoms with Crippen LogP contribution in [0.5, 0.6) is 0 Å². The van der Waals surface area contributed by atoms with Gasteiger partial charge in [-0.15, -0.1) is 0 Å². The Kier molecular flexibility index (Phi) is 6.16. The van der Waals surface area contributed by atoms with Crippen molar-refractivity contribution < 1.29 is 23.9 Å². The van der Waals surface area contributed by atoms with E-state index in [1.165, 1.54) is 6.07 Å². The molecule has 2 N–H and O–H groups in total. The van der Waals surface area contributed by atoms with Crippen molar-refractivity contribution in [3.8, 4) is 0 Å². The van der Waals surface area contributed by atoms with Crippen LogP contribution in [-0.2, 0) is 14.4 Å². The molecule has 2 aliphatic heterocycles. The number of anilines is 1. The van der Waals surface area contributed by atoms with E-state index in [0.717, 1.165) is 0 Å². The molecular formula is C20H26FN3O4. The third kappa shape index (κ3) is 4.79. The summed E-state index contributed by atoms with van der Waals surface area (Å²) in [5.74, 6) is -1.27. The highest BCUT2D eigenvalue weighted by Crippen LogP contribution is 2.30. The van der Waals surface area contributed by atoms with Crippen molar-refractivity contribution in [2.24, 2.45) is 0 Å². The first-order valence-corrected chi connectivity index (χ1v) is 9.69. The van der Waals surface area contributed by atoms with Crippen molar-refractivity contribution >= 4 is 23.5 Å². The van der Waals surface area contributed by atoms with Crippen LogP contribution >= 0.6 is 0 Å². The molecule has 1 atom stereocenters. The number of carboxylic acid groups (broad SMARTS) is 1. The molecule has 2 aliphatic rings. The maximum atomic E-state index is 13.9. The van der Waals surface area contributed by atoms with Crippen molar-refractivity contribution in [3.05, 3.63) is 30.1 Å². The molecule has 2 amide bonds. The van der Waals surface area contributed by atoms with Gasteiger partial charge in [0, 0.05) is 51.0 Å². The standard InChI is InChI=1S/C20H26FN3O4/c21-15-3-1-2-4-16(15)23-11-13-24(14-12-23)18(26)6-9-20(10-7-19(27)28)8-5-17(25)22-20/h1-4H,5-14H2,(H,22,25)(H,27,28)/t20-/m0/s1. The van der Waals surface area contributed by atoms with Crippen LogP contribution in [0.3, 0.4) is 0 Å². The molecule has 2 heterocycles. The van der Waals surface area contributed by atoms with Crippen molar-refractivity contribution in [1.82, 2.24) is 10.2 Å². The molecule has 1 aromatic carbocycles. The van der Waals surface area contributed by atoms with Gasteiger partial charge in [-0.05, 0) is 31.4 Å². The average Bonchev–Trinajstić information content (AvgIpc) is 3.06. The zero-order chi connectivity index (χ0) is 20.1. The number of nitrogens with one attached hydrogen (secondary N) is 1. The highest BCUT2D eigenvalue weighted by molar-refractivity contribution is 5.80. The second-order valence-electron chi connectivity index (χ2n) is 7.54. The lowest BCUT2D eigenvalue weighted by Gasteiger charge is -2.37. The first-order chi connectivity index (χ1) is 13.4. The van der Waals surface area contributed by atoms with E-state index in [4.69, 9.17) is 5.11 Å². The maximum Gasteiger partial charge on any atom is 0.303 e. The Labute approximate surface area is 163 Å². The largest absolute Gasteiger partial charge is 0.481 e. The summed E-state index contributed by atoms with van der Waals surface area (Å²) >= 11 is 0. The Bertz CT molecular complexity index is 749. The van der Waals surface area contributed by atoms with Crippen LogP contribution in [0.1, 0.15) is 38.5 Å². The van der Waals surface area contributed by atoms with Crippen molar-refractivity contribution in [2.45, 2.75) is 44.1 Å². The lowest BCUT2D eigenvalue weighted by Crippen LogP contribution is -2.50. The SMILES string of the molecule is O=C(O)CC[C@@]1(CCC(=O)N2CCN(c3ccccc3F)CC2)CCC(=O)N1. The molecule has 2 fully saturated rings. The Morgan fingerprint density at radius 1 is 1.11 bits per heavy atom. The van der Waals surface area contributed by atoms with E-state index in [2.05, 4.69) is 5.32 Å². The third-order valence-corrected chi connectivity index (χ3v) is 5.70. The summed E-state index contributed by atoms with van der Waals surface area (Å²) in [4.78, 5) is 38.9. The van der Waals surface area contributed by atoms with Crippen molar-refractivity contribution in [3.63, 3.8) is 0 Å². The molecule has 1 aromatic rings. The second-order valence-corrected chi connectivity index (χ2v) is 7.54. The van der Waals surface area contributed by atoms with E-state index in [-0.39, 0.29) is 30.5 Å². The molecule has 28 heavy (non-hydrogen) atoms. The summed E-state index contributed by atoms with van der Waals surface area (Å²) in [6, 6.07) is 6.62. The normalized spacial score (nSPS) is 22.2. The van der Waals surface area contributed by atoms with Gasteiger partial charge in [0.2, 0.25) is 11.8 Å². The van der Waals surface area contributed by atoms with Crippen LogP contribution in [0.15, 0.2) is 24.3 Å². The van der Waals surface area contributed by atoms with E-state index in [1.807, 2.05) is 4.90 Å². The van der Waals surface area contributed by atoms with Gasteiger partial charge >= 0.3 is 5.97 Å². The number of amides is 2. The van der Waals surface area contributed by atoms with Crippen molar-refractivity contribution in [1.29, 1.82) is 0 Å². The maximum absolute atomic E-state index is 13.9. The molecule has 3 rings (SSSR count). The summed E-state index contributed by atoms with van der Waals surface area (Å²) < 4.78 is 13.9. The smallest absolute Gasteiger partial charge is 0.303 e. The lowest BCUT2D eigenvalue weighted by atomic mass is 9.86. The minimum absolute atomic E-state index is 0.0102. The first-order valence-electron chi connectivity index (χ1n) is 9.69. The summed E-state index contributed by atoms with van der Waals surface area (Å²) in [6.45, 7) is 2.16. The fourth-order valence-electron chi connectivity index (χ4n) is 4.03. The van der Waals surface area contributed by atoms with E-state index in [9.17, 15) is 18.8 Å². The summed E-state index contributed by atoms with van der Waals surface area (Å²) in [5.41, 5.74) is -0.0454. The number of carbonyl (C=O) groups is 3. The van der Waals surface area contributed by atoms with Crippen LogP contribution in [0.4, 0.5) is 10.1 Å². The molecule has 0 radical (unpaired) electrons. The van der Waals surface area contributed by atoms with Gasteiger partial charge in [0.15, 0.2) is 0 Å². The van der Waals surface area contributed by atoms with Gasteiger partial charge in [-0.3, -0.25) is 14.4 Å². The number of benzene rings is 1. The summed E-state index contributed by atoms with van der Waals surface area (Å²) in [6.07, 6.45) is 1.94. The van der Waals surface area contributed by atoms with Gasteiger partial charge in [-0.1, -0.05) is 12.1 Å². The molecule has 0 saturated carbocycles. The molecule has 0 bridgehead atoms. The molecule has 2 saturated heterocycles. The highest BCUT2D eigenvalue weighted by atomic mass is 19.1. The topological polar surface area (TPSA) is 90.0 Å². The quantitative estimate of drug-likeness (QED) is 0.739. The minimum Gasteiger partial charge on any atom is -0.481 e. The average molecular weight is 391 g/mol. The Morgan fingerprint density at radius 2 is 1.79 bits per heavy atom. The molecule has 0 spiro atoms. The lowest BCUT2D eigenvalue weighted by molar-refractivity contribution is -0.137. The Morgan fingerprint density at radius 3 is 2.39 bits per heavy atom.